The molecule has 0 amide bonds. The van der Waals surface area contributed by atoms with Gasteiger partial charge in [-0.3, -0.25) is 0 Å². The molecular formula is C35H33N2+. The second-order valence-electron chi connectivity index (χ2n) is 11.8. The van der Waals surface area contributed by atoms with Crippen LogP contribution >= 0.6 is 0 Å². The van der Waals surface area contributed by atoms with Crippen molar-refractivity contribution in [1.29, 1.82) is 0 Å². The van der Waals surface area contributed by atoms with Crippen LogP contribution in [0.2, 0.25) is 0 Å². The first kappa shape index (κ1) is 21.4. The van der Waals surface area contributed by atoms with Gasteiger partial charge < -0.3 is 4.40 Å². The highest BCUT2D eigenvalue weighted by atomic mass is 15.0. The van der Waals surface area contributed by atoms with Crippen LogP contribution < -0.4 is 4.57 Å². The number of nitrogens with zero attached hydrogens (tertiary/aromatic N) is 2. The number of hydrogen-bond donors (Lipinski definition) is 0. The summed E-state index contributed by atoms with van der Waals surface area (Å²) >= 11 is 0. The molecule has 0 unspecified atom stereocenters. The molecule has 0 bridgehead atoms. The molecule has 1 aliphatic rings. The lowest BCUT2D eigenvalue weighted by Gasteiger charge is -2.17. The second kappa shape index (κ2) is 7.44. The van der Waals surface area contributed by atoms with Gasteiger partial charge in [-0.2, -0.15) is 0 Å². The fourth-order valence-electron chi connectivity index (χ4n) is 7.70. The molecule has 1 saturated carbocycles. The number of aryl methyl sites for hydroxylation is 4. The largest absolute Gasteiger partial charge is 0.307 e. The van der Waals surface area contributed by atoms with Crippen LogP contribution in [0.1, 0.15) is 47.9 Å². The van der Waals surface area contributed by atoms with E-state index >= 15 is 0 Å². The minimum atomic E-state index is 0.845. The van der Waals surface area contributed by atoms with Crippen molar-refractivity contribution in [2.24, 2.45) is 13.0 Å². The Kier molecular flexibility index (Phi) is 4.31. The number of fused-ring (bicyclic) bond motifs is 7. The third-order valence-corrected chi connectivity index (χ3v) is 9.50. The molecule has 7 aromatic rings. The normalized spacial score (nSPS) is 15.1. The zero-order valence-corrected chi connectivity index (χ0v) is 22.3. The van der Waals surface area contributed by atoms with E-state index < -0.39 is 0 Å². The number of benzene rings is 4. The molecule has 0 atom stereocenters. The van der Waals surface area contributed by atoms with E-state index in [0.717, 1.165) is 5.92 Å². The Morgan fingerprint density at radius 1 is 0.757 bits per heavy atom. The predicted molar refractivity (Wildman–Crippen MR) is 157 cm³/mol. The van der Waals surface area contributed by atoms with Gasteiger partial charge in [0.15, 0.2) is 6.20 Å². The Bertz CT molecular complexity index is 2050. The molecule has 4 aromatic carbocycles. The van der Waals surface area contributed by atoms with Gasteiger partial charge in [0.1, 0.15) is 7.05 Å². The molecule has 2 nitrogen and oxygen atoms in total. The van der Waals surface area contributed by atoms with Gasteiger partial charge in [-0.15, -0.1) is 0 Å². The minimum absolute atomic E-state index is 0.845. The molecule has 8 rings (SSSR count). The first-order valence-corrected chi connectivity index (χ1v) is 13.9. The second-order valence-corrected chi connectivity index (χ2v) is 11.8. The Labute approximate surface area is 217 Å². The monoisotopic (exact) mass is 481 g/mol. The summed E-state index contributed by atoms with van der Waals surface area (Å²) in [6.45, 7) is 6.88. The van der Waals surface area contributed by atoms with Gasteiger partial charge in [0, 0.05) is 16.8 Å². The molecule has 3 aromatic heterocycles. The molecule has 0 saturated heterocycles. The average Bonchev–Trinajstić information content (AvgIpc) is 3.53. The summed E-state index contributed by atoms with van der Waals surface area (Å²) < 4.78 is 4.98. The van der Waals surface area contributed by atoms with Crippen molar-refractivity contribution in [2.45, 2.75) is 52.9 Å². The van der Waals surface area contributed by atoms with Crippen molar-refractivity contribution in [2.75, 3.05) is 0 Å². The maximum absolute atomic E-state index is 2.63. The van der Waals surface area contributed by atoms with Crippen molar-refractivity contribution in [3.05, 3.63) is 83.0 Å². The summed E-state index contributed by atoms with van der Waals surface area (Å²) in [5.41, 5.74) is 11.0. The lowest BCUT2D eigenvalue weighted by Crippen LogP contribution is -2.29. The number of pyridine rings is 2. The summed E-state index contributed by atoms with van der Waals surface area (Å²) in [4.78, 5) is 0. The molecule has 3 heterocycles. The van der Waals surface area contributed by atoms with Crippen LogP contribution in [-0.2, 0) is 13.5 Å². The SMILES string of the molecule is Cc1ccc2c(C)c3c(c(C)c2c1)c1c2c(ccc4c5ccc(CC6CCCC6)cc5n3c42)cc[n+]1C. The van der Waals surface area contributed by atoms with Gasteiger partial charge in [0.25, 0.3) is 0 Å². The van der Waals surface area contributed by atoms with Crippen LogP contribution in [0.3, 0.4) is 0 Å². The van der Waals surface area contributed by atoms with Crippen LogP contribution in [0.5, 0.6) is 0 Å². The van der Waals surface area contributed by atoms with Crippen molar-refractivity contribution in [3.8, 4) is 0 Å². The van der Waals surface area contributed by atoms with Gasteiger partial charge >= 0.3 is 0 Å². The van der Waals surface area contributed by atoms with Crippen LogP contribution in [0.4, 0.5) is 0 Å². The van der Waals surface area contributed by atoms with Crippen molar-refractivity contribution < 1.29 is 4.57 Å². The quantitative estimate of drug-likeness (QED) is 0.133. The van der Waals surface area contributed by atoms with E-state index in [-0.39, 0.29) is 0 Å². The molecule has 0 N–H and O–H groups in total. The van der Waals surface area contributed by atoms with Crippen molar-refractivity contribution >= 4 is 59.8 Å². The highest BCUT2D eigenvalue weighted by Crippen LogP contribution is 2.44. The van der Waals surface area contributed by atoms with E-state index in [2.05, 4.69) is 97.6 Å². The van der Waals surface area contributed by atoms with Crippen LogP contribution in [-0.4, -0.2) is 4.40 Å². The lowest BCUT2D eigenvalue weighted by molar-refractivity contribution is -0.643. The molecule has 0 radical (unpaired) electrons. The smallest absolute Gasteiger partial charge is 0.224 e. The minimum Gasteiger partial charge on any atom is -0.307 e. The number of aromatic nitrogens is 2. The topological polar surface area (TPSA) is 8.29 Å². The summed E-state index contributed by atoms with van der Waals surface area (Å²) in [6.07, 6.45) is 9.02. The number of rotatable bonds is 2. The van der Waals surface area contributed by atoms with Gasteiger partial charge in [-0.1, -0.05) is 73.7 Å². The van der Waals surface area contributed by atoms with Gasteiger partial charge in [-0.05, 0) is 72.0 Å². The van der Waals surface area contributed by atoms with E-state index in [9.17, 15) is 0 Å². The van der Waals surface area contributed by atoms with Crippen molar-refractivity contribution in [3.63, 3.8) is 0 Å². The Balaban J connectivity index is 1.64. The maximum atomic E-state index is 2.63. The van der Waals surface area contributed by atoms with E-state index in [1.165, 1.54) is 114 Å². The third-order valence-electron chi connectivity index (χ3n) is 9.50. The summed E-state index contributed by atoms with van der Waals surface area (Å²) in [6, 6.07) is 21.3. The van der Waals surface area contributed by atoms with E-state index in [0.29, 0.717) is 0 Å². The van der Waals surface area contributed by atoms with Gasteiger partial charge in [0.2, 0.25) is 5.52 Å². The van der Waals surface area contributed by atoms with Crippen molar-refractivity contribution in [1.82, 2.24) is 4.40 Å². The summed E-state index contributed by atoms with van der Waals surface area (Å²) in [5, 5.41) is 9.59. The Morgan fingerprint density at radius 3 is 2.38 bits per heavy atom. The molecule has 37 heavy (non-hydrogen) atoms. The van der Waals surface area contributed by atoms with E-state index in [1.807, 2.05) is 0 Å². The fourth-order valence-corrected chi connectivity index (χ4v) is 7.70. The third kappa shape index (κ3) is 2.79. The summed E-state index contributed by atoms with van der Waals surface area (Å²) in [7, 11) is 2.21. The molecule has 2 heteroatoms. The Morgan fingerprint density at radius 2 is 1.54 bits per heavy atom. The van der Waals surface area contributed by atoms with Crippen LogP contribution in [0.15, 0.2) is 60.8 Å². The Hall–Kier alpha value is -3.65. The standard InChI is InChI=1S/C35H33N2/c1-20-9-12-26-22(3)33-31(21(2)29(26)17-20)35-32-25(15-16-36(35)4)11-14-28-27-13-10-24(18-23-7-5-6-8-23)19-30(27)37(33)34(28)32/h9-17,19,23H,5-8,18H2,1-4H3/q+1. The highest BCUT2D eigenvalue weighted by molar-refractivity contribution is 6.28. The molecule has 0 spiro atoms. The first-order valence-electron chi connectivity index (χ1n) is 13.9. The number of hydrogen-bond acceptors (Lipinski definition) is 0. The zero-order chi connectivity index (χ0) is 25.0. The van der Waals surface area contributed by atoms with Crippen LogP contribution in [0.25, 0.3) is 59.8 Å². The predicted octanol–water partition coefficient (Wildman–Crippen LogP) is 8.63. The molecule has 1 aliphatic carbocycles. The summed E-state index contributed by atoms with van der Waals surface area (Å²) in [5.74, 6) is 0.845. The highest BCUT2D eigenvalue weighted by Gasteiger charge is 2.26. The van der Waals surface area contributed by atoms with Gasteiger partial charge in [0.05, 0.1) is 27.3 Å². The molecule has 1 fully saturated rings. The van der Waals surface area contributed by atoms with E-state index in [1.54, 1.807) is 0 Å². The lowest BCUT2D eigenvalue weighted by atomic mass is 9.92. The van der Waals surface area contributed by atoms with E-state index in [4.69, 9.17) is 0 Å². The molecule has 182 valence electrons. The van der Waals surface area contributed by atoms with Crippen LogP contribution in [0, 0.1) is 26.7 Å². The fraction of sp³-hybridized carbons (Fsp3) is 0.286. The van der Waals surface area contributed by atoms with Gasteiger partial charge in [-0.25, -0.2) is 4.57 Å². The maximum Gasteiger partial charge on any atom is 0.224 e. The average molecular weight is 482 g/mol. The molecule has 0 aliphatic heterocycles. The zero-order valence-electron chi connectivity index (χ0n) is 22.3. The molecular weight excluding hydrogens is 448 g/mol. The first-order chi connectivity index (χ1) is 18.0.